The van der Waals surface area contributed by atoms with Gasteiger partial charge in [0.1, 0.15) is 6.61 Å². The third kappa shape index (κ3) is 6.05. The van der Waals surface area contributed by atoms with Gasteiger partial charge >= 0.3 is 12.1 Å². The molecular weight excluding hydrogens is 400 g/mol. The van der Waals surface area contributed by atoms with Gasteiger partial charge in [0.05, 0.1) is 0 Å². The number of ether oxygens (including phenoxy) is 1. The minimum atomic E-state index is -1.17. The molecule has 1 unspecified atom stereocenters. The molecule has 1 atom stereocenters. The fourth-order valence-electron chi connectivity index (χ4n) is 3.62. The third-order valence-corrected chi connectivity index (χ3v) is 5.18. The number of hydroxylamine groups is 1. The number of carbonyl (C=O) groups is 3. The van der Waals surface area contributed by atoms with Crippen molar-refractivity contribution in [3.05, 3.63) is 59.7 Å². The summed E-state index contributed by atoms with van der Waals surface area (Å²) in [5.74, 6) is -1.54. The molecular formula is C23H26N2O6. The molecule has 0 saturated carbocycles. The second-order valence-electron chi connectivity index (χ2n) is 7.56. The fourth-order valence-corrected chi connectivity index (χ4v) is 3.62. The molecule has 2 amide bonds. The molecule has 1 aliphatic rings. The highest BCUT2D eigenvalue weighted by Gasteiger charge is 2.29. The minimum absolute atomic E-state index is 0.00470. The summed E-state index contributed by atoms with van der Waals surface area (Å²) in [6.45, 7) is 1.91. The van der Waals surface area contributed by atoms with Gasteiger partial charge in [-0.15, -0.1) is 0 Å². The normalized spacial score (nSPS) is 13.1. The van der Waals surface area contributed by atoms with Gasteiger partial charge in [0.15, 0.2) is 6.61 Å². The fraction of sp³-hybridized carbons (Fsp3) is 0.348. The maximum atomic E-state index is 12.2. The van der Waals surface area contributed by atoms with E-state index in [2.05, 4.69) is 39.9 Å². The Morgan fingerprint density at radius 3 is 2.26 bits per heavy atom. The van der Waals surface area contributed by atoms with Gasteiger partial charge in [-0.2, -0.15) is 0 Å². The van der Waals surface area contributed by atoms with Crippen LogP contribution in [-0.2, 0) is 19.2 Å². The van der Waals surface area contributed by atoms with Crippen LogP contribution in [0.25, 0.3) is 11.1 Å². The number of rotatable bonds is 10. The Kier molecular flexibility index (Phi) is 7.61. The van der Waals surface area contributed by atoms with Crippen molar-refractivity contribution < 1.29 is 29.1 Å². The molecule has 0 aromatic heterocycles. The molecule has 0 saturated heterocycles. The van der Waals surface area contributed by atoms with Gasteiger partial charge in [-0.25, -0.2) is 15.1 Å². The summed E-state index contributed by atoms with van der Waals surface area (Å²) in [5, 5.41) is 11.2. The molecule has 1 aliphatic carbocycles. The highest BCUT2D eigenvalue weighted by Crippen LogP contribution is 2.44. The molecule has 0 radical (unpaired) electrons. The monoisotopic (exact) mass is 426 g/mol. The highest BCUT2D eigenvalue weighted by atomic mass is 16.7. The van der Waals surface area contributed by atoms with Gasteiger partial charge in [-0.05, 0) is 34.6 Å². The van der Waals surface area contributed by atoms with E-state index in [9.17, 15) is 14.4 Å². The number of benzene rings is 2. The number of amides is 2. The van der Waals surface area contributed by atoms with E-state index in [-0.39, 0.29) is 24.9 Å². The lowest BCUT2D eigenvalue weighted by Gasteiger charge is -2.16. The van der Waals surface area contributed by atoms with Crippen LogP contribution in [0, 0.1) is 5.92 Å². The van der Waals surface area contributed by atoms with Crippen LogP contribution in [0.4, 0.5) is 4.79 Å². The molecule has 0 fully saturated rings. The van der Waals surface area contributed by atoms with Crippen LogP contribution in [0.1, 0.15) is 36.8 Å². The van der Waals surface area contributed by atoms with Crippen LogP contribution in [0.5, 0.6) is 0 Å². The standard InChI is InChI=1S/C23H26N2O6/c1-15(10-11-21(26)25-31-14-22(27)28)12-24-23(29)30-13-20-18-8-4-2-6-16(18)17-7-3-5-9-19(17)20/h2-9,15,20H,10-14H2,1H3,(H,24,29)(H,25,26)(H,27,28). The number of alkyl carbamates (subject to hydrolysis) is 1. The molecule has 3 N–H and O–H groups in total. The lowest BCUT2D eigenvalue weighted by molar-refractivity contribution is -0.149. The van der Waals surface area contributed by atoms with E-state index >= 15 is 0 Å². The van der Waals surface area contributed by atoms with Crippen molar-refractivity contribution in [2.75, 3.05) is 19.8 Å². The molecule has 0 heterocycles. The maximum Gasteiger partial charge on any atom is 0.407 e. The van der Waals surface area contributed by atoms with Crippen molar-refractivity contribution in [3.8, 4) is 11.1 Å². The van der Waals surface area contributed by atoms with Crippen molar-refractivity contribution in [2.24, 2.45) is 5.92 Å². The summed E-state index contributed by atoms with van der Waals surface area (Å²) in [6.07, 6.45) is 0.168. The van der Waals surface area contributed by atoms with E-state index < -0.39 is 24.6 Å². The van der Waals surface area contributed by atoms with Crippen molar-refractivity contribution in [1.29, 1.82) is 0 Å². The number of aliphatic carboxylic acids is 1. The Labute approximate surface area is 180 Å². The van der Waals surface area contributed by atoms with E-state index in [1.807, 2.05) is 31.2 Å². The average Bonchev–Trinajstić information content (AvgIpc) is 3.08. The van der Waals surface area contributed by atoms with Crippen molar-refractivity contribution >= 4 is 18.0 Å². The predicted octanol–water partition coefficient (Wildman–Crippen LogP) is 3.07. The van der Waals surface area contributed by atoms with E-state index in [1.165, 1.54) is 11.1 Å². The van der Waals surface area contributed by atoms with Gasteiger partial charge < -0.3 is 15.2 Å². The highest BCUT2D eigenvalue weighted by molar-refractivity contribution is 5.79. The number of fused-ring (bicyclic) bond motifs is 3. The van der Waals surface area contributed by atoms with Crippen LogP contribution in [0.2, 0.25) is 0 Å². The Morgan fingerprint density at radius 1 is 1.03 bits per heavy atom. The summed E-state index contributed by atoms with van der Waals surface area (Å²) in [7, 11) is 0. The summed E-state index contributed by atoms with van der Waals surface area (Å²) in [5.41, 5.74) is 6.72. The Bertz CT molecular complexity index is 900. The summed E-state index contributed by atoms with van der Waals surface area (Å²) in [6, 6.07) is 16.3. The smallest absolute Gasteiger partial charge is 0.407 e. The Balaban J connectivity index is 1.41. The number of nitrogens with one attached hydrogen (secondary N) is 2. The first-order chi connectivity index (χ1) is 15.0. The molecule has 8 heteroatoms. The largest absolute Gasteiger partial charge is 0.479 e. The number of carboxylic acids is 1. The van der Waals surface area contributed by atoms with Crippen LogP contribution < -0.4 is 10.8 Å². The quantitative estimate of drug-likeness (QED) is 0.503. The predicted molar refractivity (Wildman–Crippen MR) is 113 cm³/mol. The van der Waals surface area contributed by atoms with Crippen molar-refractivity contribution in [1.82, 2.24) is 10.8 Å². The molecule has 3 rings (SSSR count). The zero-order chi connectivity index (χ0) is 22.2. The first-order valence-electron chi connectivity index (χ1n) is 10.2. The zero-order valence-electron chi connectivity index (χ0n) is 17.3. The maximum absolute atomic E-state index is 12.2. The number of carbonyl (C=O) groups excluding carboxylic acids is 2. The molecule has 0 aliphatic heterocycles. The topological polar surface area (TPSA) is 114 Å². The van der Waals surface area contributed by atoms with Gasteiger partial charge in [0.2, 0.25) is 5.91 Å². The van der Waals surface area contributed by atoms with E-state index in [0.29, 0.717) is 13.0 Å². The van der Waals surface area contributed by atoms with E-state index in [4.69, 9.17) is 9.84 Å². The third-order valence-electron chi connectivity index (χ3n) is 5.18. The summed E-state index contributed by atoms with van der Waals surface area (Å²) < 4.78 is 5.49. The second-order valence-corrected chi connectivity index (χ2v) is 7.56. The molecule has 0 bridgehead atoms. The Hall–Kier alpha value is -3.39. The molecule has 8 nitrogen and oxygen atoms in total. The van der Waals surface area contributed by atoms with Crippen molar-refractivity contribution in [2.45, 2.75) is 25.7 Å². The van der Waals surface area contributed by atoms with Crippen molar-refractivity contribution in [3.63, 3.8) is 0 Å². The molecule has 31 heavy (non-hydrogen) atoms. The first kappa shape index (κ1) is 22.3. The molecule has 0 spiro atoms. The summed E-state index contributed by atoms with van der Waals surface area (Å²) >= 11 is 0. The minimum Gasteiger partial charge on any atom is -0.479 e. The van der Waals surface area contributed by atoms with Crippen LogP contribution in [0.3, 0.4) is 0 Å². The average molecular weight is 426 g/mol. The number of hydrogen-bond donors (Lipinski definition) is 3. The lowest BCUT2D eigenvalue weighted by Crippen LogP contribution is -2.31. The van der Waals surface area contributed by atoms with Crippen LogP contribution in [0.15, 0.2) is 48.5 Å². The van der Waals surface area contributed by atoms with Gasteiger partial charge in [-0.3, -0.25) is 9.63 Å². The first-order valence-corrected chi connectivity index (χ1v) is 10.2. The molecule has 2 aromatic carbocycles. The second kappa shape index (κ2) is 10.6. The SMILES string of the molecule is CC(CCC(=O)NOCC(=O)O)CNC(=O)OCC1c2ccccc2-c2ccccc21. The van der Waals surface area contributed by atoms with E-state index in [0.717, 1.165) is 11.1 Å². The number of carboxylic acid groups (broad SMARTS) is 1. The van der Waals surface area contributed by atoms with Gasteiger partial charge in [0, 0.05) is 18.9 Å². The Morgan fingerprint density at radius 2 is 1.65 bits per heavy atom. The van der Waals surface area contributed by atoms with Gasteiger partial charge in [-0.1, -0.05) is 55.5 Å². The number of hydrogen-bond acceptors (Lipinski definition) is 5. The van der Waals surface area contributed by atoms with Crippen LogP contribution in [-0.4, -0.2) is 42.8 Å². The van der Waals surface area contributed by atoms with Crippen LogP contribution >= 0.6 is 0 Å². The zero-order valence-corrected chi connectivity index (χ0v) is 17.3. The molecule has 2 aromatic rings. The molecule has 164 valence electrons. The lowest BCUT2D eigenvalue weighted by atomic mass is 9.98. The van der Waals surface area contributed by atoms with E-state index in [1.54, 1.807) is 0 Å². The van der Waals surface area contributed by atoms with Gasteiger partial charge in [0.25, 0.3) is 0 Å². The summed E-state index contributed by atoms with van der Waals surface area (Å²) in [4.78, 5) is 38.6.